The van der Waals surface area contributed by atoms with Crippen LogP contribution in [0.25, 0.3) is 0 Å². The summed E-state index contributed by atoms with van der Waals surface area (Å²) in [6.45, 7) is 0.392. The number of rotatable bonds is 3. The molecule has 0 radical (unpaired) electrons. The van der Waals surface area contributed by atoms with E-state index in [1.54, 1.807) is 17.9 Å². The number of benzene rings is 1. The summed E-state index contributed by atoms with van der Waals surface area (Å²) in [6.07, 6.45) is 2.50. The van der Waals surface area contributed by atoms with Gasteiger partial charge in [-0.15, -0.1) is 5.10 Å². The summed E-state index contributed by atoms with van der Waals surface area (Å²) < 4.78 is 7.15. The van der Waals surface area contributed by atoms with Crippen LogP contribution in [-0.2, 0) is 23.7 Å². The summed E-state index contributed by atoms with van der Waals surface area (Å²) in [7, 11) is 1.77. The largest absolute Gasteiger partial charge is 0.493 e. The molecule has 0 saturated heterocycles. The molecular formula is C14H15N3O3. The van der Waals surface area contributed by atoms with Crippen molar-refractivity contribution >= 4 is 5.97 Å². The number of aryl methyl sites for hydroxylation is 1. The Balaban J connectivity index is 2.07. The van der Waals surface area contributed by atoms with E-state index in [4.69, 9.17) is 4.74 Å². The van der Waals surface area contributed by atoms with Gasteiger partial charge in [0.1, 0.15) is 11.2 Å². The van der Waals surface area contributed by atoms with E-state index in [2.05, 4.69) is 10.3 Å². The minimum absolute atomic E-state index is 0.316. The first kappa shape index (κ1) is 12.7. The smallest absolute Gasteiger partial charge is 0.314 e. The number of hydrogen-bond acceptors (Lipinski definition) is 4. The van der Waals surface area contributed by atoms with E-state index < -0.39 is 11.4 Å². The number of carboxylic acid groups (broad SMARTS) is 1. The Morgan fingerprint density at radius 3 is 3.00 bits per heavy atom. The van der Waals surface area contributed by atoms with Crippen LogP contribution in [0.5, 0.6) is 5.75 Å². The highest BCUT2D eigenvalue weighted by Crippen LogP contribution is 2.41. The molecule has 1 aromatic heterocycles. The standard InChI is InChI=1S/C14H15N3O3/c1-17-9-10(15-16-17)8-14(13(18)19)6-7-20-12-5-3-2-4-11(12)14/h2-5,9H,6-8H2,1H3,(H,18,19). The first-order valence-electron chi connectivity index (χ1n) is 6.43. The zero-order valence-electron chi connectivity index (χ0n) is 11.1. The van der Waals surface area contributed by atoms with Gasteiger partial charge in [0.15, 0.2) is 0 Å². The Morgan fingerprint density at radius 2 is 2.30 bits per heavy atom. The molecule has 0 bridgehead atoms. The van der Waals surface area contributed by atoms with Crippen molar-refractivity contribution in [2.24, 2.45) is 7.05 Å². The minimum atomic E-state index is -0.995. The average Bonchev–Trinajstić information content (AvgIpc) is 2.84. The van der Waals surface area contributed by atoms with Crippen LogP contribution in [0.15, 0.2) is 30.5 Å². The van der Waals surface area contributed by atoms with Crippen molar-refractivity contribution in [1.82, 2.24) is 15.0 Å². The second kappa shape index (κ2) is 4.63. The van der Waals surface area contributed by atoms with Crippen LogP contribution in [0, 0.1) is 0 Å². The van der Waals surface area contributed by atoms with Gasteiger partial charge in [-0.05, 0) is 6.07 Å². The molecule has 1 aromatic carbocycles. The van der Waals surface area contributed by atoms with E-state index in [1.807, 2.05) is 24.3 Å². The van der Waals surface area contributed by atoms with Crippen LogP contribution in [-0.4, -0.2) is 32.7 Å². The Bertz CT molecular complexity index is 653. The monoisotopic (exact) mass is 273 g/mol. The van der Waals surface area contributed by atoms with E-state index in [0.717, 1.165) is 0 Å². The summed E-state index contributed by atoms with van der Waals surface area (Å²) >= 11 is 0. The number of hydrogen-bond donors (Lipinski definition) is 1. The number of aliphatic carboxylic acids is 1. The fraction of sp³-hybridized carbons (Fsp3) is 0.357. The predicted molar refractivity (Wildman–Crippen MR) is 70.6 cm³/mol. The molecule has 6 heteroatoms. The molecule has 2 heterocycles. The third kappa shape index (κ3) is 1.93. The molecule has 3 rings (SSSR count). The molecule has 1 aliphatic rings. The quantitative estimate of drug-likeness (QED) is 0.908. The lowest BCUT2D eigenvalue weighted by atomic mass is 9.73. The lowest BCUT2D eigenvalue weighted by Crippen LogP contribution is -2.42. The Hall–Kier alpha value is -2.37. The van der Waals surface area contributed by atoms with Gasteiger partial charge in [-0.3, -0.25) is 9.48 Å². The van der Waals surface area contributed by atoms with Crippen LogP contribution in [0.1, 0.15) is 17.7 Å². The van der Waals surface area contributed by atoms with Crippen LogP contribution in [0.3, 0.4) is 0 Å². The molecule has 104 valence electrons. The third-order valence-corrected chi connectivity index (χ3v) is 3.73. The topological polar surface area (TPSA) is 77.2 Å². The summed E-state index contributed by atoms with van der Waals surface area (Å²) in [5.41, 5.74) is 0.390. The van der Waals surface area contributed by atoms with E-state index in [1.165, 1.54) is 0 Å². The molecule has 1 aliphatic heterocycles. The van der Waals surface area contributed by atoms with Crippen molar-refractivity contribution in [2.45, 2.75) is 18.3 Å². The van der Waals surface area contributed by atoms with Gasteiger partial charge < -0.3 is 9.84 Å². The second-order valence-electron chi connectivity index (χ2n) is 5.04. The Morgan fingerprint density at radius 1 is 1.50 bits per heavy atom. The molecule has 20 heavy (non-hydrogen) atoms. The molecule has 0 spiro atoms. The molecule has 0 fully saturated rings. The van der Waals surface area contributed by atoms with Gasteiger partial charge >= 0.3 is 5.97 Å². The molecule has 0 amide bonds. The van der Waals surface area contributed by atoms with Crippen molar-refractivity contribution in [3.63, 3.8) is 0 Å². The molecule has 0 aliphatic carbocycles. The molecule has 0 saturated carbocycles. The fourth-order valence-corrected chi connectivity index (χ4v) is 2.72. The normalized spacial score (nSPS) is 21.1. The van der Waals surface area contributed by atoms with Crippen molar-refractivity contribution in [3.05, 3.63) is 41.7 Å². The van der Waals surface area contributed by atoms with Gasteiger partial charge in [0.05, 0.1) is 12.3 Å². The number of ether oxygens (including phenoxy) is 1. The van der Waals surface area contributed by atoms with Gasteiger partial charge in [-0.2, -0.15) is 0 Å². The maximum atomic E-state index is 11.9. The van der Waals surface area contributed by atoms with E-state index >= 15 is 0 Å². The first-order chi connectivity index (χ1) is 9.62. The van der Waals surface area contributed by atoms with Gasteiger partial charge in [0.25, 0.3) is 0 Å². The molecule has 2 aromatic rings. The van der Waals surface area contributed by atoms with Crippen LogP contribution in [0.4, 0.5) is 0 Å². The minimum Gasteiger partial charge on any atom is -0.493 e. The third-order valence-electron chi connectivity index (χ3n) is 3.73. The number of para-hydroxylation sites is 1. The van der Waals surface area contributed by atoms with Gasteiger partial charge in [-0.25, -0.2) is 0 Å². The zero-order chi connectivity index (χ0) is 14.2. The SMILES string of the molecule is Cn1cc(CC2(C(=O)O)CCOc3ccccc32)nn1. The van der Waals surface area contributed by atoms with Crippen LogP contribution < -0.4 is 4.74 Å². The summed E-state index contributed by atoms with van der Waals surface area (Å²) in [5.74, 6) is -0.205. The maximum Gasteiger partial charge on any atom is 0.314 e. The van der Waals surface area contributed by atoms with Gasteiger partial charge in [-0.1, -0.05) is 23.4 Å². The number of carbonyl (C=O) groups is 1. The number of carboxylic acids is 1. The van der Waals surface area contributed by atoms with E-state index in [0.29, 0.717) is 36.5 Å². The van der Waals surface area contributed by atoms with Crippen molar-refractivity contribution < 1.29 is 14.6 Å². The van der Waals surface area contributed by atoms with E-state index in [-0.39, 0.29) is 0 Å². The van der Waals surface area contributed by atoms with Crippen LogP contribution >= 0.6 is 0 Å². The lowest BCUT2D eigenvalue weighted by molar-refractivity contribution is -0.145. The second-order valence-corrected chi connectivity index (χ2v) is 5.04. The first-order valence-corrected chi connectivity index (χ1v) is 6.43. The summed E-state index contributed by atoms with van der Waals surface area (Å²) in [5, 5.41) is 17.7. The Labute approximate surface area is 116 Å². The fourth-order valence-electron chi connectivity index (χ4n) is 2.72. The highest BCUT2D eigenvalue weighted by atomic mass is 16.5. The maximum absolute atomic E-state index is 11.9. The molecule has 1 N–H and O–H groups in total. The van der Waals surface area contributed by atoms with Gasteiger partial charge in [0, 0.05) is 31.6 Å². The van der Waals surface area contributed by atoms with Crippen molar-refractivity contribution in [2.75, 3.05) is 6.61 Å². The Kier molecular flexibility index (Phi) is 2.93. The van der Waals surface area contributed by atoms with Gasteiger partial charge in [0.2, 0.25) is 0 Å². The summed E-state index contributed by atoms with van der Waals surface area (Å²) in [4.78, 5) is 11.9. The average molecular weight is 273 g/mol. The number of aromatic nitrogens is 3. The van der Waals surface area contributed by atoms with Crippen LogP contribution in [0.2, 0.25) is 0 Å². The predicted octanol–water partition coefficient (Wildman–Crippen LogP) is 1.16. The number of fused-ring (bicyclic) bond motifs is 1. The lowest BCUT2D eigenvalue weighted by Gasteiger charge is -2.34. The van der Waals surface area contributed by atoms with E-state index in [9.17, 15) is 9.90 Å². The molecular weight excluding hydrogens is 258 g/mol. The number of nitrogens with zero attached hydrogens (tertiary/aromatic N) is 3. The van der Waals surface area contributed by atoms with Crippen molar-refractivity contribution in [1.29, 1.82) is 0 Å². The highest BCUT2D eigenvalue weighted by molar-refractivity contribution is 5.83. The van der Waals surface area contributed by atoms with Crippen molar-refractivity contribution in [3.8, 4) is 5.75 Å². The molecule has 1 unspecified atom stereocenters. The zero-order valence-corrected chi connectivity index (χ0v) is 11.1. The highest BCUT2D eigenvalue weighted by Gasteiger charge is 2.45. The summed E-state index contributed by atoms with van der Waals surface area (Å²) in [6, 6.07) is 7.31. The molecule has 1 atom stereocenters. The molecule has 6 nitrogen and oxygen atoms in total.